The van der Waals surface area contributed by atoms with E-state index >= 15 is 0 Å². The summed E-state index contributed by atoms with van der Waals surface area (Å²) in [6.45, 7) is 0. The molecule has 0 aromatic heterocycles. The number of benzene rings is 4. The maximum absolute atomic E-state index is 6.22. The summed E-state index contributed by atoms with van der Waals surface area (Å²) in [6, 6.07) is 25.1. The van der Waals surface area contributed by atoms with Gasteiger partial charge in [0, 0.05) is 9.50 Å². The van der Waals surface area contributed by atoms with E-state index in [1.54, 1.807) is 0 Å². The van der Waals surface area contributed by atoms with Crippen LogP contribution in [0.4, 0.5) is 0 Å². The van der Waals surface area contributed by atoms with Crippen molar-refractivity contribution in [3.05, 3.63) is 82.3 Å². The van der Waals surface area contributed by atoms with E-state index in [0.29, 0.717) is 0 Å². The molecule has 0 N–H and O–H groups in total. The highest BCUT2D eigenvalue weighted by Gasteiger charge is 2.13. The van der Waals surface area contributed by atoms with Crippen LogP contribution >= 0.6 is 27.5 Å². The van der Waals surface area contributed by atoms with Gasteiger partial charge in [0.2, 0.25) is 0 Å². The van der Waals surface area contributed by atoms with E-state index in [9.17, 15) is 0 Å². The fourth-order valence-electron chi connectivity index (χ4n) is 3.01. The van der Waals surface area contributed by atoms with Crippen molar-refractivity contribution in [2.24, 2.45) is 0 Å². The molecule has 0 saturated carbocycles. The third-order valence-corrected chi connectivity index (χ3v) is 5.07. The highest BCUT2D eigenvalue weighted by Crippen LogP contribution is 2.42. The summed E-state index contributed by atoms with van der Waals surface area (Å²) in [5, 5.41) is 5.56. The lowest BCUT2D eigenvalue weighted by atomic mass is 9.92. The summed E-state index contributed by atoms with van der Waals surface area (Å²) in [5.41, 5.74) is 2.48. The maximum atomic E-state index is 6.22. The summed E-state index contributed by atoms with van der Waals surface area (Å²) in [6.07, 6.45) is 0. The lowest BCUT2D eigenvalue weighted by Crippen LogP contribution is -1.87. The zero-order valence-electron chi connectivity index (χ0n) is 11.7. The molecule has 0 aliphatic carbocycles. The van der Waals surface area contributed by atoms with Crippen LogP contribution in [0.2, 0.25) is 5.02 Å². The predicted molar refractivity (Wildman–Crippen MR) is 99.6 cm³/mol. The van der Waals surface area contributed by atoms with Crippen LogP contribution in [0.1, 0.15) is 0 Å². The molecular formula is C20H12BrCl. The Bertz CT molecular complexity index is 991. The first-order valence-electron chi connectivity index (χ1n) is 7.10. The van der Waals surface area contributed by atoms with Crippen LogP contribution in [-0.2, 0) is 0 Å². The van der Waals surface area contributed by atoms with Crippen LogP contribution in [0.3, 0.4) is 0 Å². The third kappa shape index (κ3) is 2.13. The van der Waals surface area contributed by atoms with Crippen molar-refractivity contribution in [3.63, 3.8) is 0 Å². The number of hydrogen-bond donors (Lipinski definition) is 0. The summed E-state index contributed by atoms with van der Waals surface area (Å²) >= 11 is 9.98. The molecule has 0 radical (unpaired) electrons. The van der Waals surface area contributed by atoms with Gasteiger partial charge in [-0.25, -0.2) is 0 Å². The molecule has 0 fully saturated rings. The molecule has 0 unspecified atom stereocenters. The van der Waals surface area contributed by atoms with Crippen LogP contribution in [0.5, 0.6) is 0 Å². The Morgan fingerprint density at radius 1 is 0.636 bits per heavy atom. The van der Waals surface area contributed by atoms with Crippen LogP contribution in [0, 0.1) is 0 Å². The topological polar surface area (TPSA) is 0 Å². The van der Waals surface area contributed by atoms with E-state index in [1.165, 1.54) is 27.3 Å². The molecule has 0 bridgehead atoms. The van der Waals surface area contributed by atoms with Gasteiger partial charge >= 0.3 is 0 Å². The molecule has 0 nitrogen and oxygen atoms in total. The maximum Gasteiger partial charge on any atom is 0.0412 e. The zero-order valence-corrected chi connectivity index (χ0v) is 14.0. The van der Waals surface area contributed by atoms with Crippen LogP contribution in [-0.4, -0.2) is 0 Å². The molecule has 0 spiro atoms. The second-order valence-corrected chi connectivity index (χ2v) is 6.52. The Kier molecular flexibility index (Phi) is 3.40. The van der Waals surface area contributed by atoms with E-state index < -0.39 is 0 Å². The van der Waals surface area contributed by atoms with Crippen LogP contribution < -0.4 is 0 Å². The fourth-order valence-corrected chi connectivity index (χ4v) is 3.86. The van der Waals surface area contributed by atoms with Crippen molar-refractivity contribution in [2.45, 2.75) is 0 Å². The average molecular weight is 368 g/mol. The Balaban J connectivity index is 2.27. The standard InChI is InChI=1S/C20H12BrCl/c21-20-17-9-5-4-8-15(17)19(13-6-2-1-3-7-13)16-11-10-14(22)12-18(16)20/h1-12H. The van der Waals surface area contributed by atoms with E-state index in [0.717, 1.165) is 14.9 Å². The first kappa shape index (κ1) is 13.8. The Hall–Kier alpha value is -1.83. The molecule has 4 rings (SSSR count). The number of fused-ring (bicyclic) bond motifs is 2. The second kappa shape index (κ2) is 5.42. The SMILES string of the molecule is Clc1ccc2c(-c3ccccc3)c3ccccc3c(Br)c2c1. The lowest BCUT2D eigenvalue weighted by Gasteiger charge is -2.14. The molecule has 0 atom stereocenters. The van der Waals surface area contributed by atoms with Gasteiger partial charge in [-0.3, -0.25) is 0 Å². The minimum absolute atomic E-state index is 0.752. The minimum atomic E-state index is 0.752. The van der Waals surface area contributed by atoms with Crippen molar-refractivity contribution in [3.8, 4) is 11.1 Å². The molecule has 0 heterocycles. The van der Waals surface area contributed by atoms with E-state index in [1.807, 2.05) is 18.2 Å². The Labute approximate surface area is 142 Å². The number of halogens is 2. The van der Waals surface area contributed by atoms with Gasteiger partial charge in [0.25, 0.3) is 0 Å². The smallest absolute Gasteiger partial charge is 0.0412 e. The number of hydrogen-bond acceptors (Lipinski definition) is 0. The third-order valence-electron chi connectivity index (χ3n) is 3.98. The lowest BCUT2D eigenvalue weighted by molar-refractivity contribution is 1.66. The summed E-state index contributed by atoms with van der Waals surface area (Å²) in [7, 11) is 0. The highest BCUT2D eigenvalue weighted by molar-refractivity contribution is 9.10. The molecule has 0 aliphatic heterocycles. The average Bonchev–Trinajstić information content (AvgIpc) is 2.57. The van der Waals surface area contributed by atoms with Crippen LogP contribution in [0.15, 0.2) is 77.3 Å². The summed E-state index contributed by atoms with van der Waals surface area (Å²) < 4.78 is 1.10. The fraction of sp³-hybridized carbons (Fsp3) is 0. The van der Waals surface area contributed by atoms with Gasteiger partial charge in [0.05, 0.1) is 0 Å². The predicted octanol–water partition coefficient (Wildman–Crippen LogP) is 7.08. The summed E-state index contributed by atoms with van der Waals surface area (Å²) in [4.78, 5) is 0. The van der Waals surface area contributed by atoms with Crippen molar-refractivity contribution in [1.29, 1.82) is 0 Å². The normalized spacial score (nSPS) is 11.2. The molecule has 4 aromatic rings. The quantitative estimate of drug-likeness (QED) is 0.315. The molecular weight excluding hydrogens is 356 g/mol. The highest BCUT2D eigenvalue weighted by atomic mass is 79.9. The molecule has 106 valence electrons. The van der Waals surface area contributed by atoms with E-state index in [4.69, 9.17) is 11.6 Å². The largest absolute Gasteiger partial charge is 0.0843 e. The monoisotopic (exact) mass is 366 g/mol. The minimum Gasteiger partial charge on any atom is -0.0843 e. The molecule has 4 aromatic carbocycles. The van der Waals surface area contributed by atoms with E-state index in [2.05, 4.69) is 70.5 Å². The van der Waals surface area contributed by atoms with Gasteiger partial charge < -0.3 is 0 Å². The molecule has 0 saturated heterocycles. The first-order valence-corrected chi connectivity index (χ1v) is 8.27. The van der Waals surface area contributed by atoms with Crippen LogP contribution in [0.25, 0.3) is 32.7 Å². The van der Waals surface area contributed by atoms with E-state index in [-0.39, 0.29) is 0 Å². The van der Waals surface area contributed by atoms with Crippen molar-refractivity contribution in [2.75, 3.05) is 0 Å². The zero-order chi connectivity index (χ0) is 15.1. The van der Waals surface area contributed by atoms with Gasteiger partial charge in [-0.05, 0) is 60.7 Å². The van der Waals surface area contributed by atoms with Crippen molar-refractivity contribution < 1.29 is 0 Å². The first-order chi connectivity index (χ1) is 10.8. The van der Waals surface area contributed by atoms with Gasteiger partial charge in [0.1, 0.15) is 0 Å². The van der Waals surface area contributed by atoms with Gasteiger partial charge in [0.15, 0.2) is 0 Å². The Morgan fingerprint density at radius 2 is 1.27 bits per heavy atom. The Morgan fingerprint density at radius 3 is 2.05 bits per heavy atom. The van der Waals surface area contributed by atoms with Crippen molar-refractivity contribution >= 4 is 49.1 Å². The molecule has 22 heavy (non-hydrogen) atoms. The van der Waals surface area contributed by atoms with Gasteiger partial charge in [-0.1, -0.05) is 72.3 Å². The second-order valence-electron chi connectivity index (χ2n) is 5.29. The number of rotatable bonds is 1. The van der Waals surface area contributed by atoms with Gasteiger partial charge in [-0.15, -0.1) is 0 Å². The summed E-state index contributed by atoms with van der Waals surface area (Å²) in [5.74, 6) is 0. The molecule has 2 heteroatoms. The molecule has 0 amide bonds. The molecule has 0 aliphatic rings. The van der Waals surface area contributed by atoms with Crippen molar-refractivity contribution in [1.82, 2.24) is 0 Å². The van der Waals surface area contributed by atoms with Gasteiger partial charge in [-0.2, -0.15) is 0 Å².